The van der Waals surface area contributed by atoms with E-state index in [1.807, 2.05) is 6.07 Å². The van der Waals surface area contributed by atoms with Crippen molar-refractivity contribution >= 4 is 34.8 Å². The van der Waals surface area contributed by atoms with E-state index in [1.54, 1.807) is 58.5 Å². The monoisotopic (exact) mass is 359 g/mol. The van der Waals surface area contributed by atoms with Crippen LogP contribution in [0.1, 0.15) is 4.88 Å². The van der Waals surface area contributed by atoms with Gasteiger partial charge in [0.05, 0.1) is 5.69 Å². The Balaban J connectivity index is 1.45. The van der Waals surface area contributed by atoms with Crippen LogP contribution < -0.4 is 10.6 Å². The molecule has 0 saturated heterocycles. The average molecular weight is 359 g/mol. The smallest absolute Gasteiger partial charge is 0.319 e. The fourth-order valence-corrected chi connectivity index (χ4v) is 3.74. The first-order valence-corrected chi connectivity index (χ1v) is 9.46. The third kappa shape index (κ3) is 4.59. The summed E-state index contributed by atoms with van der Waals surface area (Å²) in [6.07, 6.45) is 5.12. The van der Waals surface area contributed by atoms with Gasteiger partial charge >= 0.3 is 6.03 Å². The zero-order valence-corrected chi connectivity index (χ0v) is 14.5. The SMILES string of the molecule is O=C(NCCSCc1cccs1)Nc1cccnc1-n1cccn1. The van der Waals surface area contributed by atoms with Crippen molar-refractivity contribution in [1.29, 1.82) is 0 Å². The number of carbonyl (C=O) groups excluding carboxylic acids is 1. The molecule has 0 aromatic carbocycles. The largest absolute Gasteiger partial charge is 0.337 e. The van der Waals surface area contributed by atoms with Crippen LogP contribution in [0.5, 0.6) is 0 Å². The molecule has 6 nitrogen and oxygen atoms in total. The number of aromatic nitrogens is 3. The molecule has 0 aliphatic heterocycles. The molecule has 24 heavy (non-hydrogen) atoms. The van der Waals surface area contributed by atoms with Crippen molar-refractivity contribution in [1.82, 2.24) is 20.1 Å². The highest BCUT2D eigenvalue weighted by atomic mass is 32.2. The van der Waals surface area contributed by atoms with Crippen molar-refractivity contribution in [2.75, 3.05) is 17.6 Å². The summed E-state index contributed by atoms with van der Waals surface area (Å²) in [4.78, 5) is 17.7. The Hall–Kier alpha value is -2.32. The molecule has 0 fully saturated rings. The summed E-state index contributed by atoms with van der Waals surface area (Å²) in [5.41, 5.74) is 0.616. The van der Waals surface area contributed by atoms with Crippen LogP contribution >= 0.6 is 23.1 Å². The summed E-state index contributed by atoms with van der Waals surface area (Å²) < 4.78 is 1.62. The molecular weight excluding hydrogens is 342 g/mol. The molecule has 0 aliphatic carbocycles. The van der Waals surface area contributed by atoms with Crippen molar-refractivity contribution in [3.8, 4) is 5.82 Å². The predicted octanol–water partition coefficient (Wildman–Crippen LogP) is 3.38. The van der Waals surface area contributed by atoms with Crippen molar-refractivity contribution in [2.24, 2.45) is 0 Å². The van der Waals surface area contributed by atoms with Crippen LogP contribution in [0.25, 0.3) is 5.82 Å². The van der Waals surface area contributed by atoms with E-state index >= 15 is 0 Å². The quantitative estimate of drug-likeness (QED) is 0.634. The minimum Gasteiger partial charge on any atom is -0.337 e. The van der Waals surface area contributed by atoms with Crippen molar-refractivity contribution < 1.29 is 4.79 Å². The lowest BCUT2D eigenvalue weighted by Crippen LogP contribution is -2.31. The molecule has 2 amide bonds. The standard InChI is InChI=1S/C16H17N5OS2/c22-16(18-8-11-23-12-13-4-2-10-24-13)20-14-5-1-6-17-15(14)21-9-3-7-19-21/h1-7,9-10H,8,11-12H2,(H2,18,20,22). The molecule has 3 rings (SSSR count). The minimum atomic E-state index is -0.242. The molecular formula is C16H17N5OS2. The first kappa shape index (κ1) is 16.5. The zero-order valence-electron chi connectivity index (χ0n) is 12.9. The number of rotatable bonds is 7. The highest BCUT2D eigenvalue weighted by Crippen LogP contribution is 2.17. The van der Waals surface area contributed by atoms with E-state index in [1.165, 1.54) is 4.88 Å². The third-order valence-electron chi connectivity index (χ3n) is 3.11. The lowest BCUT2D eigenvalue weighted by molar-refractivity contribution is 0.252. The van der Waals surface area contributed by atoms with Crippen LogP contribution in [0.3, 0.4) is 0 Å². The lowest BCUT2D eigenvalue weighted by atomic mass is 10.4. The van der Waals surface area contributed by atoms with Crippen LogP contribution in [0.2, 0.25) is 0 Å². The van der Waals surface area contributed by atoms with Gasteiger partial charge in [-0.2, -0.15) is 16.9 Å². The number of nitrogens with one attached hydrogen (secondary N) is 2. The zero-order chi connectivity index (χ0) is 16.6. The summed E-state index contributed by atoms with van der Waals surface area (Å²) in [7, 11) is 0. The predicted molar refractivity (Wildman–Crippen MR) is 98.9 cm³/mol. The number of nitrogens with zero attached hydrogens (tertiary/aromatic N) is 3. The van der Waals surface area contributed by atoms with Gasteiger partial charge in [0.1, 0.15) is 0 Å². The van der Waals surface area contributed by atoms with Crippen LogP contribution in [0.15, 0.2) is 54.3 Å². The Labute approximate surface area is 148 Å². The second-order valence-electron chi connectivity index (χ2n) is 4.84. The number of hydrogen-bond acceptors (Lipinski definition) is 5. The number of thiophene rings is 1. The number of pyridine rings is 1. The fraction of sp³-hybridized carbons (Fsp3) is 0.188. The van der Waals surface area contributed by atoms with Crippen LogP contribution in [-0.2, 0) is 5.75 Å². The van der Waals surface area contributed by atoms with E-state index in [-0.39, 0.29) is 6.03 Å². The molecule has 2 N–H and O–H groups in total. The number of thioether (sulfide) groups is 1. The van der Waals surface area contributed by atoms with Gasteiger partial charge in [0.25, 0.3) is 0 Å². The van der Waals surface area contributed by atoms with Gasteiger partial charge in [-0.3, -0.25) is 0 Å². The summed E-state index contributed by atoms with van der Waals surface area (Å²) in [6, 6.07) is 9.32. The fourth-order valence-electron chi connectivity index (χ4n) is 2.04. The van der Waals surface area contributed by atoms with Gasteiger partial charge in [-0.25, -0.2) is 14.5 Å². The van der Waals surface area contributed by atoms with Crippen LogP contribution in [-0.4, -0.2) is 33.1 Å². The van der Waals surface area contributed by atoms with Gasteiger partial charge in [-0.1, -0.05) is 6.07 Å². The second kappa shape index (κ2) is 8.51. The van der Waals surface area contributed by atoms with Crippen LogP contribution in [0, 0.1) is 0 Å². The number of anilines is 1. The summed E-state index contributed by atoms with van der Waals surface area (Å²) in [6.45, 7) is 0.610. The molecule has 3 heterocycles. The van der Waals surface area contributed by atoms with E-state index in [0.29, 0.717) is 18.1 Å². The van der Waals surface area contributed by atoms with Gasteiger partial charge in [-0.15, -0.1) is 11.3 Å². The van der Waals surface area contributed by atoms with E-state index in [4.69, 9.17) is 0 Å². The van der Waals surface area contributed by atoms with Crippen molar-refractivity contribution in [2.45, 2.75) is 5.75 Å². The Bertz CT molecular complexity index is 759. The maximum atomic E-state index is 12.0. The summed E-state index contributed by atoms with van der Waals surface area (Å²) in [5.74, 6) is 2.43. The molecule has 3 aromatic rings. The second-order valence-corrected chi connectivity index (χ2v) is 6.98. The Morgan fingerprint density at radius 3 is 3.00 bits per heavy atom. The number of carbonyl (C=O) groups is 1. The van der Waals surface area contributed by atoms with Crippen LogP contribution in [0.4, 0.5) is 10.5 Å². The van der Waals surface area contributed by atoms with Gasteiger partial charge in [0.15, 0.2) is 5.82 Å². The van der Waals surface area contributed by atoms with E-state index in [2.05, 4.69) is 38.2 Å². The van der Waals surface area contributed by atoms with E-state index < -0.39 is 0 Å². The molecule has 0 saturated carbocycles. The van der Waals surface area contributed by atoms with Gasteiger partial charge in [-0.05, 0) is 29.6 Å². The van der Waals surface area contributed by atoms with Gasteiger partial charge < -0.3 is 10.6 Å². The van der Waals surface area contributed by atoms with E-state index in [9.17, 15) is 4.79 Å². The molecule has 0 aliphatic rings. The molecule has 124 valence electrons. The molecule has 0 spiro atoms. The van der Waals surface area contributed by atoms with Crippen molar-refractivity contribution in [3.05, 3.63) is 59.2 Å². The number of hydrogen-bond donors (Lipinski definition) is 2. The lowest BCUT2D eigenvalue weighted by Gasteiger charge is -2.10. The Morgan fingerprint density at radius 1 is 1.25 bits per heavy atom. The first-order valence-electron chi connectivity index (χ1n) is 7.43. The Kier molecular flexibility index (Phi) is 5.86. The topological polar surface area (TPSA) is 71.8 Å². The van der Waals surface area contributed by atoms with E-state index in [0.717, 1.165) is 11.5 Å². The highest BCUT2D eigenvalue weighted by molar-refractivity contribution is 7.98. The number of urea groups is 1. The van der Waals surface area contributed by atoms with Gasteiger partial charge in [0.2, 0.25) is 0 Å². The third-order valence-corrected chi connectivity index (χ3v) is 5.18. The van der Waals surface area contributed by atoms with Gasteiger partial charge in [0, 0.05) is 41.5 Å². The molecule has 0 unspecified atom stereocenters. The molecule has 0 radical (unpaired) electrons. The summed E-state index contributed by atoms with van der Waals surface area (Å²) in [5, 5.41) is 11.9. The molecule has 0 atom stereocenters. The number of amides is 2. The maximum absolute atomic E-state index is 12.0. The first-order chi connectivity index (χ1) is 11.8. The maximum Gasteiger partial charge on any atom is 0.319 e. The van der Waals surface area contributed by atoms with Crippen molar-refractivity contribution in [3.63, 3.8) is 0 Å². The summed E-state index contributed by atoms with van der Waals surface area (Å²) >= 11 is 3.56. The minimum absolute atomic E-state index is 0.242. The highest BCUT2D eigenvalue weighted by Gasteiger charge is 2.09. The average Bonchev–Trinajstić information content (AvgIpc) is 3.29. The molecule has 8 heteroatoms. The Morgan fingerprint density at radius 2 is 2.21 bits per heavy atom. The molecule has 0 bridgehead atoms. The molecule has 3 aromatic heterocycles. The normalized spacial score (nSPS) is 10.5.